The molecule has 0 aromatic heterocycles. The van der Waals surface area contributed by atoms with E-state index in [0.29, 0.717) is 11.3 Å². The van der Waals surface area contributed by atoms with Crippen molar-refractivity contribution in [2.75, 3.05) is 11.9 Å². The maximum Gasteiger partial charge on any atom is 0.239 e. The Morgan fingerprint density at radius 2 is 1.79 bits per heavy atom. The lowest BCUT2D eigenvalue weighted by molar-refractivity contribution is -0.120. The van der Waals surface area contributed by atoms with E-state index in [1.807, 2.05) is 61.5 Å². The van der Waals surface area contributed by atoms with E-state index < -0.39 is 15.1 Å². The summed E-state index contributed by atoms with van der Waals surface area (Å²) in [7, 11) is -3.44. The van der Waals surface area contributed by atoms with Crippen molar-refractivity contribution >= 4 is 21.4 Å². The van der Waals surface area contributed by atoms with E-state index in [9.17, 15) is 13.2 Å². The summed E-state index contributed by atoms with van der Waals surface area (Å²) < 4.78 is 26.4. The SMILES string of the molecule is C[C@H](NC(=O)CNc1ccc2c(c1)CC(c1ccc3c(c1)CNC3)S2(=O)=O)c1ccccc1. The molecule has 7 heteroatoms. The quantitative estimate of drug-likeness (QED) is 0.522. The Hall–Kier alpha value is -3.16. The lowest BCUT2D eigenvalue weighted by Gasteiger charge is -2.15. The number of hydrogen-bond donors (Lipinski definition) is 3. The predicted octanol–water partition coefficient (Wildman–Crippen LogP) is 3.65. The Morgan fingerprint density at radius 3 is 2.61 bits per heavy atom. The van der Waals surface area contributed by atoms with Crippen molar-refractivity contribution in [2.45, 2.75) is 42.6 Å². The summed E-state index contributed by atoms with van der Waals surface area (Å²) in [5.41, 5.74) is 5.83. The van der Waals surface area contributed by atoms with Crippen LogP contribution in [0.5, 0.6) is 0 Å². The molecule has 0 radical (unpaired) electrons. The number of fused-ring (bicyclic) bond motifs is 2. The van der Waals surface area contributed by atoms with Crippen molar-refractivity contribution < 1.29 is 13.2 Å². The van der Waals surface area contributed by atoms with Gasteiger partial charge in [-0.15, -0.1) is 0 Å². The Morgan fingerprint density at radius 1 is 1.00 bits per heavy atom. The molecular weight excluding hydrogens is 434 g/mol. The third kappa shape index (κ3) is 4.26. The smallest absolute Gasteiger partial charge is 0.239 e. The summed E-state index contributed by atoms with van der Waals surface area (Å²) >= 11 is 0. The second-order valence-electron chi connectivity index (χ2n) is 8.75. The molecule has 170 valence electrons. The van der Waals surface area contributed by atoms with Gasteiger partial charge in [0, 0.05) is 18.8 Å². The molecule has 0 saturated carbocycles. The number of nitrogens with one attached hydrogen (secondary N) is 3. The van der Waals surface area contributed by atoms with E-state index in [0.717, 1.165) is 35.5 Å². The van der Waals surface area contributed by atoms with Crippen LogP contribution in [0.1, 0.15) is 46.0 Å². The molecule has 1 unspecified atom stereocenters. The van der Waals surface area contributed by atoms with Crippen LogP contribution in [-0.4, -0.2) is 20.9 Å². The highest BCUT2D eigenvalue weighted by Crippen LogP contribution is 2.42. The van der Waals surface area contributed by atoms with Crippen LogP contribution in [-0.2, 0) is 34.1 Å². The lowest BCUT2D eigenvalue weighted by atomic mass is 10.00. The third-order valence-electron chi connectivity index (χ3n) is 6.51. The molecule has 3 N–H and O–H groups in total. The van der Waals surface area contributed by atoms with Gasteiger partial charge in [0.05, 0.1) is 22.7 Å². The summed E-state index contributed by atoms with van der Waals surface area (Å²) in [5, 5.41) is 8.85. The van der Waals surface area contributed by atoms with Gasteiger partial charge in [-0.25, -0.2) is 8.42 Å². The Balaban J connectivity index is 1.26. The molecule has 0 aliphatic carbocycles. The van der Waals surface area contributed by atoms with E-state index in [4.69, 9.17) is 0 Å². The van der Waals surface area contributed by atoms with Crippen LogP contribution in [0.15, 0.2) is 71.6 Å². The molecular formula is C26H27N3O3S. The fourth-order valence-electron chi connectivity index (χ4n) is 4.70. The van der Waals surface area contributed by atoms with Crippen LogP contribution in [0.25, 0.3) is 0 Å². The summed E-state index contributed by atoms with van der Waals surface area (Å²) in [6, 6.07) is 21.0. The number of rotatable bonds is 6. The molecule has 6 nitrogen and oxygen atoms in total. The molecule has 3 aromatic rings. The molecule has 2 aliphatic rings. The van der Waals surface area contributed by atoms with Gasteiger partial charge in [0.15, 0.2) is 9.84 Å². The number of carbonyl (C=O) groups excluding carboxylic acids is 1. The largest absolute Gasteiger partial charge is 0.376 e. The first-order valence-electron chi connectivity index (χ1n) is 11.2. The van der Waals surface area contributed by atoms with Crippen LogP contribution in [0.3, 0.4) is 0 Å². The number of carbonyl (C=O) groups is 1. The maximum absolute atomic E-state index is 13.2. The standard InChI is InChI=1S/C26H27N3O3S/c1-17(18-5-3-2-4-6-18)29-26(30)16-28-23-9-10-24-21(12-23)13-25(33(24,31)32)19-7-8-20-14-27-15-22(20)11-19/h2-12,17,25,27-28H,13-16H2,1H3,(H,29,30)/t17-,25?/m0/s1. The van der Waals surface area contributed by atoms with E-state index in [1.54, 1.807) is 12.1 Å². The Labute approximate surface area is 194 Å². The molecule has 0 fully saturated rings. The molecule has 33 heavy (non-hydrogen) atoms. The Bertz CT molecular complexity index is 1310. The number of sulfone groups is 1. The average molecular weight is 462 g/mol. The fourth-order valence-corrected chi connectivity index (χ4v) is 6.68. The molecule has 5 rings (SSSR count). The topological polar surface area (TPSA) is 87.3 Å². The van der Waals surface area contributed by atoms with Crippen LogP contribution in [0.2, 0.25) is 0 Å². The van der Waals surface area contributed by atoms with Crippen LogP contribution in [0.4, 0.5) is 5.69 Å². The molecule has 1 amide bonds. The summed E-state index contributed by atoms with van der Waals surface area (Å²) in [6.07, 6.45) is 0.441. The van der Waals surface area contributed by atoms with Gasteiger partial charge >= 0.3 is 0 Å². The highest BCUT2D eigenvalue weighted by molar-refractivity contribution is 7.92. The monoisotopic (exact) mass is 461 g/mol. The third-order valence-corrected chi connectivity index (χ3v) is 8.71. The first-order chi connectivity index (χ1) is 15.9. The molecule has 0 spiro atoms. The zero-order valence-corrected chi connectivity index (χ0v) is 19.3. The van der Waals surface area contributed by atoms with E-state index in [2.05, 4.69) is 16.0 Å². The van der Waals surface area contributed by atoms with E-state index in [1.165, 1.54) is 11.1 Å². The van der Waals surface area contributed by atoms with Gasteiger partial charge < -0.3 is 16.0 Å². The second-order valence-corrected chi connectivity index (χ2v) is 10.8. The summed E-state index contributed by atoms with van der Waals surface area (Å²) in [5.74, 6) is -0.121. The minimum absolute atomic E-state index is 0.0889. The van der Waals surface area contributed by atoms with Crippen LogP contribution >= 0.6 is 0 Å². The van der Waals surface area contributed by atoms with Crippen molar-refractivity contribution in [3.8, 4) is 0 Å². The van der Waals surface area contributed by atoms with Gasteiger partial charge in [0.2, 0.25) is 5.91 Å². The molecule has 0 bridgehead atoms. The lowest BCUT2D eigenvalue weighted by Crippen LogP contribution is -2.32. The first kappa shape index (κ1) is 21.7. The van der Waals surface area contributed by atoms with Crippen LogP contribution < -0.4 is 16.0 Å². The molecule has 3 aromatic carbocycles. The second kappa shape index (κ2) is 8.65. The number of benzene rings is 3. The Kier molecular flexibility index (Phi) is 5.68. The van der Waals surface area contributed by atoms with Crippen molar-refractivity contribution in [1.82, 2.24) is 10.6 Å². The van der Waals surface area contributed by atoms with Crippen LogP contribution in [0, 0.1) is 0 Å². The zero-order chi connectivity index (χ0) is 23.0. The molecule has 2 heterocycles. The minimum atomic E-state index is -3.44. The van der Waals surface area contributed by atoms with Crippen molar-refractivity contribution in [1.29, 1.82) is 0 Å². The van der Waals surface area contributed by atoms with Crippen molar-refractivity contribution in [3.63, 3.8) is 0 Å². The normalized spacial score (nSPS) is 18.9. The van der Waals surface area contributed by atoms with Gasteiger partial charge in [-0.3, -0.25) is 4.79 Å². The van der Waals surface area contributed by atoms with Gasteiger partial charge in [-0.05, 0) is 59.4 Å². The molecule has 2 aliphatic heterocycles. The van der Waals surface area contributed by atoms with Crippen molar-refractivity contribution in [2.24, 2.45) is 0 Å². The number of anilines is 1. The first-order valence-corrected chi connectivity index (χ1v) is 12.7. The number of amides is 1. The summed E-state index contributed by atoms with van der Waals surface area (Å²) in [6.45, 7) is 3.68. The fraction of sp³-hybridized carbons (Fsp3) is 0.269. The number of hydrogen-bond acceptors (Lipinski definition) is 5. The van der Waals surface area contributed by atoms with Gasteiger partial charge in [0.25, 0.3) is 0 Å². The summed E-state index contributed by atoms with van der Waals surface area (Å²) in [4.78, 5) is 12.8. The van der Waals surface area contributed by atoms with Gasteiger partial charge in [-0.2, -0.15) is 0 Å². The average Bonchev–Trinajstić information content (AvgIpc) is 3.39. The highest BCUT2D eigenvalue weighted by atomic mass is 32.2. The maximum atomic E-state index is 13.2. The zero-order valence-electron chi connectivity index (χ0n) is 18.5. The van der Waals surface area contributed by atoms with E-state index in [-0.39, 0.29) is 18.5 Å². The highest BCUT2D eigenvalue weighted by Gasteiger charge is 2.38. The predicted molar refractivity (Wildman–Crippen MR) is 129 cm³/mol. The minimum Gasteiger partial charge on any atom is -0.376 e. The van der Waals surface area contributed by atoms with Gasteiger partial charge in [0.1, 0.15) is 0 Å². The molecule has 2 atom stereocenters. The molecule has 0 saturated heterocycles. The van der Waals surface area contributed by atoms with Crippen molar-refractivity contribution in [3.05, 3.63) is 94.5 Å². The van der Waals surface area contributed by atoms with E-state index >= 15 is 0 Å². The van der Waals surface area contributed by atoms with Gasteiger partial charge in [-0.1, -0.05) is 48.5 Å².